The predicted octanol–water partition coefficient (Wildman–Crippen LogP) is 4.18. The normalized spacial score (nSPS) is 20.5. The van der Waals surface area contributed by atoms with E-state index >= 15 is 0 Å². The molecule has 0 aromatic heterocycles. The minimum atomic E-state index is -0.215. The third-order valence-electron chi connectivity index (χ3n) is 4.35. The number of aryl methyl sites for hydroxylation is 1. The monoisotopic (exact) mass is 285 g/mol. The molecule has 0 spiro atoms. The predicted molar refractivity (Wildman–Crippen MR) is 81.9 cm³/mol. The zero-order valence-corrected chi connectivity index (χ0v) is 12.4. The Balaban J connectivity index is 1.82. The molecular formula is C18H20FNO. The van der Waals surface area contributed by atoms with Gasteiger partial charge in [0.1, 0.15) is 11.6 Å². The van der Waals surface area contributed by atoms with Crippen molar-refractivity contribution in [2.75, 3.05) is 0 Å². The van der Waals surface area contributed by atoms with Crippen molar-refractivity contribution in [1.82, 2.24) is 5.32 Å². The van der Waals surface area contributed by atoms with E-state index in [-0.39, 0.29) is 11.9 Å². The maximum Gasteiger partial charge on any atom is 0.123 e. The van der Waals surface area contributed by atoms with Crippen LogP contribution in [0.2, 0.25) is 0 Å². The number of hydrogen-bond acceptors (Lipinski definition) is 2. The summed E-state index contributed by atoms with van der Waals surface area (Å²) in [6, 6.07) is 10.5. The van der Waals surface area contributed by atoms with E-state index in [1.807, 2.05) is 12.1 Å². The van der Waals surface area contributed by atoms with Gasteiger partial charge in [-0.1, -0.05) is 25.1 Å². The molecule has 1 aliphatic carbocycles. The number of hydrogen-bond donors (Lipinski definition) is 2. The third kappa shape index (κ3) is 2.66. The van der Waals surface area contributed by atoms with Gasteiger partial charge >= 0.3 is 0 Å². The fourth-order valence-electron chi connectivity index (χ4n) is 3.42. The molecule has 0 heterocycles. The molecule has 2 aromatic rings. The van der Waals surface area contributed by atoms with Gasteiger partial charge in [0, 0.05) is 18.2 Å². The van der Waals surface area contributed by atoms with Crippen LogP contribution in [0.15, 0.2) is 36.4 Å². The maximum absolute atomic E-state index is 13.2. The van der Waals surface area contributed by atoms with E-state index in [4.69, 9.17) is 0 Å². The first-order valence-corrected chi connectivity index (χ1v) is 7.36. The van der Waals surface area contributed by atoms with Gasteiger partial charge in [0.15, 0.2) is 0 Å². The van der Waals surface area contributed by atoms with Gasteiger partial charge in [-0.15, -0.1) is 0 Å². The number of phenolic OH excluding ortho intramolecular Hbond substituents is 1. The highest BCUT2D eigenvalue weighted by atomic mass is 19.1. The van der Waals surface area contributed by atoms with Crippen molar-refractivity contribution < 1.29 is 9.50 Å². The van der Waals surface area contributed by atoms with E-state index in [1.54, 1.807) is 18.2 Å². The largest absolute Gasteiger partial charge is 0.508 e. The molecule has 0 radical (unpaired) electrons. The molecule has 0 fully saturated rings. The number of phenols is 1. The molecule has 21 heavy (non-hydrogen) atoms. The second-order valence-electron chi connectivity index (χ2n) is 5.93. The van der Waals surface area contributed by atoms with Gasteiger partial charge in [-0.05, 0) is 54.2 Å². The van der Waals surface area contributed by atoms with E-state index in [2.05, 4.69) is 19.2 Å². The second-order valence-corrected chi connectivity index (χ2v) is 5.93. The highest BCUT2D eigenvalue weighted by Crippen LogP contribution is 2.45. The first-order valence-electron chi connectivity index (χ1n) is 7.36. The quantitative estimate of drug-likeness (QED) is 0.886. The highest BCUT2D eigenvalue weighted by molar-refractivity contribution is 5.50. The average Bonchev–Trinajstić information content (AvgIpc) is 2.79. The number of aromatic hydroxyl groups is 1. The van der Waals surface area contributed by atoms with Gasteiger partial charge in [0.05, 0.1) is 0 Å². The summed E-state index contributed by atoms with van der Waals surface area (Å²) in [5.41, 5.74) is 4.42. The molecule has 3 rings (SSSR count). The fraction of sp³-hybridized carbons (Fsp3) is 0.333. The van der Waals surface area contributed by atoms with Crippen molar-refractivity contribution >= 4 is 0 Å². The second kappa shape index (κ2) is 5.49. The molecule has 2 atom stereocenters. The molecule has 0 saturated carbocycles. The van der Waals surface area contributed by atoms with Gasteiger partial charge in [-0.3, -0.25) is 0 Å². The lowest BCUT2D eigenvalue weighted by Crippen LogP contribution is -2.19. The van der Waals surface area contributed by atoms with Crippen molar-refractivity contribution in [2.45, 2.75) is 38.8 Å². The van der Waals surface area contributed by atoms with E-state index in [9.17, 15) is 9.50 Å². The zero-order chi connectivity index (χ0) is 15.0. The topological polar surface area (TPSA) is 32.3 Å². The number of nitrogens with one attached hydrogen (secondary N) is 1. The Kier molecular flexibility index (Phi) is 3.68. The number of fused-ring (bicyclic) bond motifs is 1. The number of rotatable bonds is 3. The van der Waals surface area contributed by atoms with Crippen LogP contribution in [0.5, 0.6) is 5.75 Å². The molecule has 2 nitrogen and oxygen atoms in total. The first kappa shape index (κ1) is 14.1. The molecule has 3 heteroatoms. The first-order chi connectivity index (χ1) is 10.1. The van der Waals surface area contributed by atoms with Crippen LogP contribution in [-0.2, 0) is 6.54 Å². The zero-order valence-electron chi connectivity index (χ0n) is 12.4. The Labute approximate surface area is 124 Å². The van der Waals surface area contributed by atoms with E-state index in [0.717, 1.165) is 17.5 Å². The summed E-state index contributed by atoms with van der Waals surface area (Å²) >= 11 is 0. The van der Waals surface area contributed by atoms with Gasteiger partial charge in [-0.2, -0.15) is 0 Å². The molecule has 0 aliphatic heterocycles. The lowest BCUT2D eigenvalue weighted by Gasteiger charge is -2.16. The molecule has 1 aliphatic rings. The van der Waals surface area contributed by atoms with Crippen LogP contribution in [0, 0.1) is 12.7 Å². The van der Waals surface area contributed by atoms with Gasteiger partial charge in [0.25, 0.3) is 0 Å². The fourth-order valence-corrected chi connectivity index (χ4v) is 3.42. The van der Waals surface area contributed by atoms with Crippen LogP contribution in [0.1, 0.15) is 47.6 Å². The van der Waals surface area contributed by atoms with Crippen molar-refractivity contribution in [3.05, 3.63) is 64.5 Å². The summed E-state index contributed by atoms with van der Waals surface area (Å²) in [7, 11) is 0. The summed E-state index contributed by atoms with van der Waals surface area (Å²) in [6.07, 6.45) is 0.961. The third-order valence-corrected chi connectivity index (χ3v) is 4.35. The molecule has 2 aromatic carbocycles. The van der Waals surface area contributed by atoms with E-state index in [1.165, 1.54) is 17.2 Å². The Morgan fingerprint density at radius 1 is 1.24 bits per heavy atom. The smallest absolute Gasteiger partial charge is 0.123 e. The lowest BCUT2D eigenvalue weighted by molar-refractivity contribution is 0.445. The highest BCUT2D eigenvalue weighted by Gasteiger charge is 2.31. The average molecular weight is 285 g/mol. The molecule has 2 N–H and O–H groups in total. The Bertz CT molecular complexity index is 668. The lowest BCUT2D eigenvalue weighted by atomic mass is 9.97. The minimum Gasteiger partial charge on any atom is -0.508 e. The summed E-state index contributed by atoms with van der Waals surface area (Å²) in [5, 5.41) is 13.6. The molecule has 110 valence electrons. The molecule has 0 bridgehead atoms. The van der Waals surface area contributed by atoms with Crippen LogP contribution in [-0.4, -0.2) is 5.11 Å². The SMILES string of the molecule is Cc1ccc(O)c2c1C(C)CC2NCc1cccc(F)c1. The Morgan fingerprint density at radius 2 is 2.05 bits per heavy atom. The van der Waals surface area contributed by atoms with Gasteiger partial charge in [0.2, 0.25) is 0 Å². The Morgan fingerprint density at radius 3 is 2.81 bits per heavy atom. The van der Waals surface area contributed by atoms with Crippen LogP contribution in [0.3, 0.4) is 0 Å². The van der Waals surface area contributed by atoms with Crippen LogP contribution < -0.4 is 5.32 Å². The van der Waals surface area contributed by atoms with Crippen molar-refractivity contribution in [3.63, 3.8) is 0 Å². The molecular weight excluding hydrogens is 265 g/mol. The van der Waals surface area contributed by atoms with Crippen LogP contribution in [0.4, 0.5) is 4.39 Å². The maximum atomic E-state index is 13.2. The van der Waals surface area contributed by atoms with E-state index < -0.39 is 0 Å². The molecule has 0 saturated heterocycles. The standard InChI is InChI=1S/C18H20FNO/c1-11-6-7-16(21)18-15(8-12(2)17(11)18)20-10-13-4-3-5-14(19)9-13/h3-7,9,12,15,20-21H,8,10H2,1-2H3. The molecule has 2 unspecified atom stereocenters. The van der Waals surface area contributed by atoms with Gasteiger partial charge in [-0.25, -0.2) is 4.39 Å². The molecule has 0 amide bonds. The number of benzene rings is 2. The van der Waals surface area contributed by atoms with Crippen molar-refractivity contribution in [1.29, 1.82) is 0 Å². The minimum absolute atomic E-state index is 0.123. The summed E-state index contributed by atoms with van der Waals surface area (Å²) < 4.78 is 13.2. The van der Waals surface area contributed by atoms with Crippen molar-refractivity contribution in [2.24, 2.45) is 0 Å². The summed E-state index contributed by atoms with van der Waals surface area (Å²) in [6.45, 7) is 4.88. The summed E-state index contributed by atoms with van der Waals surface area (Å²) in [4.78, 5) is 0. The number of halogens is 1. The Hall–Kier alpha value is -1.87. The van der Waals surface area contributed by atoms with Crippen LogP contribution in [0.25, 0.3) is 0 Å². The van der Waals surface area contributed by atoms with Crippen LogP contribution >= 0.6 is 0 Å². The van der Waals surface area contributed by atoms with E-state index in [0.29, 0.717) is 18.2 Å². The van der Waals surface area contributed by atoms with Crippen molar-refractivity contribution in [3.8, 4) is 5.75 Å². The summed E-state index contributed by atoms with van der Waals surface area (Å²) in [5.74, 6) is 0.571. The van der Waals surface area contributed by atoms with Gasteiger partial charge < -0.3 is 10.4 Å².